The number of benzene rings is 2. The fourth-order valence-electron chi connectivity index (χ4n) is 1.53. The highest BCUT2D eigenvalue weighted by atomic mass is 79.9. The molecule has 0 saturated carbocycles. The lowest BCUT2D eigenvalue weighted by Crippen LogP contribution is -2.00. The van der Waals surface area contributed by atoms with E-state index in [-0.39, 0.29) is 5.75 Å². The highest BCUT2D eigenvalue weighted by molar-refractivity contribution is 9.10. The summed E-state index contributed by atoms with van der Waals surface area (Å²) in [4.78, 5) is 0. The van der Waals surface area contributed by atoms with Gasteiger partial charge in [-0.1, -0.05) is 41.4 Å². The van der Waals surface area contributed by atoms with Crippen LogP contribution in [0.4, 0.5) is 5.69 Å². The zero-order chi connectivity index (χ0) is 13.1. The smallest absolute Gasteiger partial charge is 0.134 e. The van der Waals surface area contributed by atoms with Crippen molar-refractivity contribution in [3.05, 3.63) is 56.5 Å². The maximum atomic E-state index is 9.85. The van der Waals surface area contributed by atoms with E-state index >= 15 is 0 Å². The fourth-order valence-corrected chi connectivity index (χ4v) is 2.31. The van der Waals surface area contributed by atoms with Crippen molar-refractivity contribution in [1.29, 1.82) is 0 Å². The number of hydrogen-bond donors (Lipinski definition) is 2. The molecular weight excluding hydrogens is 337 g/mol. The summed E-state index contributed by atoms with van der Waals surface area (Å²) >= 11 is 15.3. The van der Waals surface area contributed by atoms with Crippen LogP contribution in [0.3, 0.4) is 0 Å². The third kappa shape index (κ3) is 2.91. The summed E-state index contributed by atoms with van der Waals surface area (Å²) < 4.78 is 0.666. The van der Waals surface area contributed by atoms with Crippen LogP contribution in [0.2, 0.25) is 10.0 Å². The molecule has 0 amide bonds. The summed E-state index contributed by atoms with van der Waals surface area (Å²) in [5, 5.41) is 14.0. The van der Waals surface area contributed by atoms with Crippen molar-refractivity contribution in [2.75, 3.05) is 5.32 Å². The minimum absolute atomic E-state index is 0.225. The molecule has 0 heterocycles. The monoisotopic (exact) mass is 345 g/mol. The summed E-state index contributed by atoms with van der Waals surface area (Å²) in [5.74, 6) is 0.225. The molecule has 0 spiro atoms. The lowest BCUT2D eigenvalue weighted by Gasteiger charge is -2.11. The number of aromatic hydroxyl groups is 1. The second-order valence-electron chi connectivity index (χ2n) is 3.70. The molecule has 0 atom stereocenters. The maximum absolute atomic E-state index is 9.85. The van der Waals surface area contributed by atoms with E-state index in [2.05, 4.69) is 21.2 Å². The van der Waals surface area contributed by atoms with E-state index in [1.54, 1.807) is 12.1 Å². The Kier molecular flexibility index (Phi) is 4.38. The summed E-state index contributed by atoms with van der Waals surface area (Å²) in [6.07, 6.45) is 0. The van der Waals surface area contributed by atoms with Crippen LogP contribution in [0.15, 0.2) is 40.9 Å². The second-order valence-corrected chi connectivity index (χ2v) is 5.34. The molecule has 2 nitrogen and oxygen atoms in total. The number of nitrogens with one attached hydrogen (secondary N) is 1. The third-order valence-corrected chi connectivity index (χ3v) is 3.95. The van der Waals surface area contributed by atoms with E-state index in [1.807, 2.05) is 24.3 Å². The topological polar surface area (TPSA) is 32.3 Å². The molecule has 18 heavy (non-hydrogen) atoms. The molecule has 94 valence electrons. The summed E-state index contributed by atoms with van der Waals surface area (Å²) in [7, 11) is 0. The van der Waals surface area contributed by atoms with Crippen LogP contribution >= 0.6 is 39.1 Å². The quantitative estimate of drug-likeness (QED) is 0.812. The van der Waals surface area contributed by atoms with Gasteiger partial charge < -0.3 is 10.4 Å². The molecule has 0 aliphatic heterocycles. The van der Waals surface area contributed by atoms with Gasteiger partial charge in [0.25, 0.3) is 0 Å². The highest BCUT2D eigenvalue weighted by Crippen LogP contribution is 2.31. The molecule has 0 aliphatic carbocycles. The van der Waals surface area contributed by atoms with Crippen LogP contribution in [-0.4, -0.2) is 5.11 Å². The predicted molar refractivity (Wildman–Crippen MR) is 79.6 cm³/mol. The molecule has 2 aromatic carbocycles. The number of hydrogen-bond acceptors (Lipinski definition) is 2. The predicted octanol–water partition coefficient (Wildman–Crippen LogP) is 5.07. The first-order chi connectivity index (χ1) is 8.59. The van der Waals surface area contributed by atoms with Crippen molar-refractivity contribution in [2.45, 2.75) is 6.54 Å². The van der Waals surface area contributed by atoms with Crippen molar-refractivity contribution in [2.24, 2.45) is 0 Å². The molecule has 0 saturated heterocycles. The number of phenols is 1. The first-order valence-corrected chi connectivity index (χ1v) is 6.78. The van der Waals surface area contributed by atoms with Crippen molar-refractivity contribution in [1.82, 2.24) is 0 Å². The second kappa shape index (κ2) is 5.83. The van der Waals surface area contributed by atoms with E-state index in [1.165, 1.54) is 0 Å². The Morgan fingerprint density at radius 3 is 2.61 bits per heavy atom. The Hall–Kier alpha value is -0.900. The molecule has 0 unspecified atom stereocenters. The molecule has 0 fully saturated rings. The maximum Gasteiger partial charge on any atom is 0.134 e. The van der Waals surface area contributed by atoms with E-state index in [9.17, 15) is 5.11 Å². The average Bonchev–Trinajstić information content (AvgIpc) is 2.36. The van der Waals surface area contributed by atoms with Gasteiger partial charge >= 0.3 is 0 Å². The minimum atomic E-state index is 0.225. The Balaban J connectivity index is 2.17. The van der Waals surface area contributed by atoms with Crippen LogP contribution in [0, 0.1) is 0 Å². The number of rotatable bonds is 3. The van der Waals surface area contributed by atoms with Gasteiger partial charge in [-0.25, -0.2) is 0 Å². The van der Waals surface area contributed by atoms with Crippen LogP contribution in [0.1, 0.15) is 5.56 Å². The Morgan fingerprint density at radius 2 is 1.83 bits per heavy atom. The van der Waals surface area contributed by atoms with E-state index in [0.717, 1.165) is 11.3 Å². The van der Waals surface area contributed by atoms with Gasteiger partial charge in [0.1, 0.15) is 5.75 Å². The Labute approximate surface area is 124 Å². The molecule has 2 N–H and O–H groups in total. The molecule has 2 rings (SSSR count). The fraction of sp³-hybridized carbons (Fsp3) is 0.0769. The highest BCUT2D eigenvalue weighted by Gasteiger charge is 2.07. The summed E-state index contributed by atoms with van der Waals surface area (Å²) in [6.45, 7) is 0.464. The van der Waals surface area contributed by atoms with Gasteiger partial charge in [-0.3, -0.25) is 0 Å². The number of halogens is 3. The van der Waals surface area contributed by atoms with Crippen molar-refractivity contribution >= 4 is 44.8 Å². The molecule has 5 heteroatoms. The zero-order valence-electron chi connectivity index (χ0n) is 9.25. The third-order valence-electron chi connectivity index (χ3n) is 2.49. The van der Waals surface area contributed by atoms with Crippen molar-refractivity contribution < 1.29 is 5.11 Å². The number of para-hydroxylation sites is 1. The van der Waals surface area contributed by atoms with E-state index in [4.69, 9.17) is 23.2 Å². The Bertz CT molecular complexity index is 523. The van der Waals surface area contributed by atoms with Crippen LogP contribution in [0.5, 0.6) is 5.75 Å². The molecule has 2 aromatic rings. The largest absolute Gasteiger partial charge is 0.506 e. The average molecular weight is 347 g/mol. The lowest BCUT2D eigenvalue weighted by molar-refractivity contribution is 0.465. The first kappa shape index (κ1) is 13.5. The van der Waals surface area contributed by atoms with Gasteiger partial charge in [-0.15, -0.1) is 0 Å². The van der Waals surface area contributed by atoms with Gasteiger partial charge in [-0.05, 0) is 34.1 Å². The van der Waals surface area contributed by atoms with Gasteiger partial charge in [0.15, 0.2) is 0 Å². The van der Waals surface area contributed by atoms with Crippen molar-refractivity contribution in [3.63, 3.8) is 0 Å². The van der Waals surface area contributed by atoms with Gasteiger partial charge in [-0.2, -0.15) is 0 Å². The summed E-state index contributed by atoms with van der Waals surface area (Å²) in [5.41, 5.74) is 1.52. The molecule has 0 aromatic heterocycles. The van der Waals surface area contributed by atoms with Gasteiger partial charge in [0, 0.05) is 12.1 Å². The standard InChI is InChI=1S/C13H10BrCl2NO/c14-9-4-1-3-8(13(9)18)7-17-11-6-2-5-10(15)12(11)16/h1-6,17-18H,7H2. The lowest BCUT2D eigenvalue weighted by atomic mass is 10.2. The normalized spacial score (nSPS) is 10.4. The van der Waals surface area contributed by atoms with E-state index < -0.39 is 0 Å². The number of phenolic OH excluding ortho intramolecular Hbond substituents is 1. The molecule has 0 bridgehead atoms. The molecule has 0 radical (unpaired) electrons. The first-order valence-electron chi connectivity index (χ1n) is 5.24. The molecule has 0 aliphatic rings. The van der Waals surface area contributed by atoms with Crippen LogP contribution in [0.25, 0.3) is 0 Å². The van der Waals surface area contributed by atoms with Crippen LogP contribution in [-0.2, 0) is 6.54 Å². The Morgan fingerprint density at radius 1 is 1.11 bits per heavy atom. The zero-order valence-corrected chi connectivity index (χ0v) is 12.4. The van der Waals surface area contributed by atoms with Gasteiger partial charge in [0.05, 0.1) is 20.2 Å². The van der Waals surface area contributed by atoms with Crippen molar-refractivity contribution in [3.8, 4) is 5.75 Å². The van der Waals surface area contributed by atoms with Gasteiger partial charge in [0.2, 0.25) is 0 Å². The minimum Gasteiger partial charge on any atom is -0.506 e. The van der Waals surface area contributed by atoms with Crippen LogP contribution < -0.4 is 5.32 Å². The summed E-state index contributed by atoms with van der Waals surface area (Å²) in [6, 6.07) is 10.9. The van der Waals surface area contributed by atoms with E-state index in [0.29, 0.717) is 21.1 Å². The SMILES string of the molecule is Oc1c(Br)cccc1CNc1cccc(Cl)c1Cl. The number of anilines is 1. The molecular formula is C13H10BrCl2NO.